The zero-order valence-corrected chi connectivity index (χ0v) is 14.3. The predicted octanol–water partition coefficient (Wildman–Crippen LogP) is 3.78. The second kappa shape index (κ2) is 7.01. The molecule has 0 fully saturated rings. The van der Waals surface area contributed by atoms with Gasteiger partial charge in [-0.15, -0.1) is 0 Å². The average molecular weight is 347 g/mol. The van der Waals surface area contributed by atoms with Crippen molar-refractivity contribution in [3.8, 4) is 11.5 Å². The minimum atomic E-state index is -0.264. The van der Waals surface area contributed by atoms with Gasteiger partial charge < -0.3 is 20.1 Å². The van der Waals surface area contributed by atoms with Crippen LogP contribution in [0.1, 0.15) is 11.1 Å². The van der Waals surface area contributed by atoms with Crippen molar-refractivity contribution in [2.24, 2.45) is 0 Å². The lowest BCUT2D eigenvalue weighted by molar-refractivity contribution is 0.222. The van der Waals surface area contributed by atoms with E-state index in [1.54, 1.807) is 19.2 Å². The summed E-state index contributed by atoms with van der Waals surface area (Å²) in [6.45, 7) is 2.33. The molecule has 126 valence electrons. The van der Waals surface area contributed by atoms with Gasteiger partial charge in [0, 0.05) is 10.7 Å². The van der Waals surface area contributed by atoms with E-state index >= 15 is 0 Å². The number of hydrogen-bond acceptors (Lipinski definition) is 3. The number of carbonyl (C=O) groups excluding carboxylic acids is 1. The molecule has 2 aromatic rings. The summed E-state index contributed by atoms with van der Waals surface area (Å²) in [5, 5.41) is 6.42. The number of nitrogens with one attached hydrogen (secondary N) is 2. The van der Waals surface area contributed by atoms with Gasteiger partial charge in [0.25, 0.3) is 0 Å². The van der Waals surface area contributed by atoms with Crippen LogP contribution in [0.15, 0.2) is 36.4 Å². The Morgan fingerprint density at radius 3 is 2.88 bits per heavy atom. The van der Waals surface area contributed by atoms with Gasteiger partial charge in [-0.05, 0) is 60.9 Å². The van der Waals surface area contributed by atoms with Crippen LogP contribution in [0.3, 0.4) is 0 Å². The van der Waals surface area contributed by atoms with Crippen LogP contribution in [0.5, 0.6) is 11.5 Å². The van der Waals surface area contributed by atoms with E-state index < -0.39 is 0 Å². The van der Waals surface area contributed by atoms with E-state index in [2.05, 4.69) is 10.6 Å². The summed E-state index contributed by atoms with van der Waals surface area (Å²) in [6, 6.07) is 10.7. The molecule has 0 aromatic heterocycles. The van der Waals surface area contributed by atoms with Crippen molar-refractivity contribution >= 4 is 23.3 Å². The molecule has 0 saturated heterocycles. The molecule has 2 amide bonds. The Morgan fingerprint density at radius 1 is 1.29 bits per heavy atom. The van der Waals surface area contributed by atoms with Crippen molar-refractivity contribution in [2.45, 2.75) is 19.4 Å². The zero-order chi connectivity index (χ0) is 17.1. The summed E-state index contributed by atoms with van der Waals surface area (Å²) in [4.78, 5) is 12.2. The molecule has 0 aliphatic carbocycles. The molecule has 3 rings (SSSR count). The second-order valence-corrected chi connectivity index (χ2v) is 6.18. The molecule has 0 bridgehead atoms. The maximum absolute atomic E-state index is 12.2. The Kier molecular flexibility index (Phi) is 4.81. The van der Waals surface area contributed by atoms with Crippen LogP contribution in [-0.4, -0.2) is 25.8 Å². The fraction of sp³-hybridized carbons (Fsp3) is 0.278. The first-order valence-corrected chi connectivity index (χ1v) is 8.06. The van der Waals surface area contributed by atoms with Crippen molar-refractivity contribution in [2.75, 3.05) is 19.0 Å². The number of fused-ring (bicyclic) bond motifs is 1. The van der Waals surface area contributed by atoms with Crippen LogP contribution in [0, 0.1) is 6.92 Å². The zero-order valence-electron chi connectivity index (χ0n) is 13.6. The van der Waals surface area contributed by atoms with E-state index in [-0.39, 0.29) is 12.1 Å². The first kappa shape index (κ1) is 16.5. The van der Waals surface area contributed by atoms with Crippen molar-refractivity contribution in [3.05, 3.63) is 52.5 Å². The van der Waals surface area contributed by atoms with Crippen molar-refractivity contribution < 1.29 is 14.3 Å². The van der Waals surface area contributed by atoms with Gasteiger partial charge in [-0.1, -0.05) is 11.6 Å². The van der Waals surface area contributed by atoms with Crippen LogP contribution in [-0.2, 0) is 6.42 Å². The highest BCUT2D eigenvalue weighted by Gasteiger charge is 2.22. The van der Waals surface area contributed by atoms with Crippen LogP contribution in [0.4, 0.5) is 10.5 Å². The van der Waals surface area contributed by atoms with Crippen LogP contribution < -0.4 is 20.1 Å². The SMILES string of the molecule is COc1ccc2c(c1)C[C@@H](NC(=O)Nc1ccc(Cl)cc1C)CO2. The van der Waals surface area contributed by atoms with Gasteiger partial charge in [-0.2, -0.15) is 0 Å². The van der Waals surface area contributed by atoms with Crippen LogP contribution in [0.25, 0.3) is 0 Å². The number of anilines is 1. The lowest BCUT2D eigenvalue weighted by Gasteiger charge is -2.26. The topological polar surface area (TPSA) is 59.6 Å². The standard InChI is InChI=1S/C18H19ClN2O3/c1-11-7-13(19)3-5-16(11)21-18(22)20-14-8-12-9-15(23-2)4-6-17(12)24-10-14/h3-7,9,14H,8,10H2,1-2H3,(H2,20,21,22)/t14-/m1/s1. The third-order valence-electron chi connectivity index (χ3n) is 3.95. The van der Waals surface area contributed by atoms with Gasteiger partial charge in [0.1, 0.15) is 18.1 Å². The minimum absolute atomic E-state index is 0.0998. The quantitative estimate of drug-likeness (QED) is 0.889. The molecule has 0 unspecified atom stereocenters. The Hall–Kier alpha value is -2.40. The minimum Gasteiger partial charge on any atom is -0.497 e. The fourth-order valence-corrected chi connectivity index (χ4v) is 2.93. The number of amides is 2. The number of hydrogen-bond donors (Lipinski definition) is 2. The molecule has 2 aromatic carbocycles. The maximum atomic E-state index is 12.2. The Balaban J connectivity index is 1.63. The number of benzene rings is 2. The molecule has 24 heavy (non-hydrogen) atoms. The molecular weight excluding hydrogens is 328 g/mol. The average Bonchev–Trinajstić information content (AvgIpc) is 2.56. The third-order valence-corrected chi connectivity index (χ3v) is 4.18. The van der Waals surface area contributed by atoms with Gasteiger partial charge in [-0.3, -0.25) is 0 Å². The molecule has 1 aliphatic rings. The molecule has 0 radical (unpaired) electrons. The van der Waals surface area contributed by atoms with Crippen LogP contribution >= 0.6 is 11.6 Å². The highest BCUT2D eigenvalue weighted by Crippen LogP contribution is 2.28. The third kappa shape index (κ3) is 3.74. The molecule has 2 N–H and O–H groups in total. The summed E-state index contributed by atoms with van der Waals surface area (Å²) in [6.07, 6.45) is 0.694. The van der Waals surface area contributed by atoms with E-state index in [0.29, 0.717) is 18.1 Å². The Bertz CT molecular complexity index is 764. The first-order chi connectivity index (χ1) is 11.5. The number of urea groups is 1. The van der Waals surface area contributed by atoms with Gasteiger partial charge in [-0.25, -0.2) is 4.79 Å². The summed E-state index contributed by atoms with van der Waals surface area (Å²) < 4.78 is 10.9. The van der Waals surface area contributed by atoms with Gasteiger partial charge >= 0.3 is 6.03 Å². The van der Waals surface area contributed by atoms with Crippen molar-refractivity contribution in [1.29, 1.82) is 0 Å². The predicted molar refractivity (Wildman–Crippen MR) is 94.3 cm³/mol. The van der Waals surface area contributed by atoms with Gasteiger partial charge in [0.05, 0.1) is 13.2 Å². The summed E-state index contributed by atoms with van der Waals surface area (Å²) in [5.41, 5.74) is 2.66. The molecule has 0 spiro atoms. The Morgan fingerprint density at radius 2 is 2.12 bits per heavy atom. The molecule has 1 atom stereocenters. The second-order valence-electron chi connectivity index (χ2n) is 5.74. The van der Waals surface area contributed by atoms with E-state index in [4.69, 9.17) is 21.1 Å². The van der Waals surface area contributed by atoms with Crippen molar-refractivity contribution in [3.63, 3.8) is 0 Å². The van der Waals surface area contributed by atoms with Crippen LogP contribution in [0.2, 0.25) is 5.02 Å². The molecule has 1 aliphatic heterocycles. The largest absolute Gasteiger partial charge is 0.497 e. The molecule has 5 nitrogen and oxygen atoms in total. The van der Waals surface area contributed by atoms with E-state index in [0.717, 1.165) is 28.3 Å². The highest BCUT2D eigenvalue weighted by molar-refractivity contribution is 6.30. The molecule has 1 heterocycles. The molecule has 6 heteroatoms. The Labute approximate surface area is 145 Å². The number of rotatable bonds is 3. The smallest absolute Gasteiger partial charge is 0.319 e. The monoisotopic (exact) mass is 346 g/mol. The van der Waals surface area contributed by atoms with Gasteiger partial charge in [0.2, 0.25) is 0 Å². The molecular formula is C18H19ClN2O3. The lowest BCUT2D eigenvalue weighted by atomic mass is 10.0. The van der Waals surface area contributed by atoms with Gasteiger partial charge in [0.15, 0.2) is 0 Å². The number of aryl methyl sites for hydroxylation is 1. The summed E-state index contributed by atoms with van der Waals surface area (Å²) >= 11 is 5.93. The maximum Gasteiger partial charge on any atom is 0.319 e. The number of ether oxygens (including phenoxy) is 2. The number of halogens is 1. The highest BCUT2D eigenvalue weighted by atomic mass is 35.5. The van der Waals surface area contributed by atoms with E-state index in [1.165, 1.54) is 0 Å². The van der Waals surface area contributed by atoms with E-state index in [1.807, 2.05) is 31.2 Å². The number of methoxy groups -OCH3 is 1. The molecule has 0 saturated carbocycles. The first-order valence-electron chi connectivity index (χ1n) is 7.68. The number of carbonyl (C=O) groups is 1. The van der Waals surface area contributed by atoms with Crippen molar-refractivity contribution in [1.82, 2.24) is 5.32 Å². The summed E-state index contributed by atoms with van der Waals surface area (Å²) in [7, 11) is 1.63. The summed E-state index contributed by atoms with van der Waals surface area (Å²) in [5.74, 6) is 1.61. The fourth-order valence-electron chi connectivity index (χ4n) is 2.70. The van der Waals surface area contributed by atoms with E-state index in [9.17, 15) is 4.79 Å². The normalized spacial score (nSPS) is 15.9. The lowest BCUT2D eigenvalue weighted by Crippen LogP contribution is -2.44.